The zero-order valence-corrected chi connectivity index (χ0v) is 16.5. The average molecular weight is 429 g/mol. The molecule has 23 heavy (non-hydrogen) atoms. The summed E-state index contributed by atoms with van der Waals surface area (Å²) < 4.78 is 5.34. The second-order valence-corrected chi connectivity index (χ2v) is 5.51. The Labute approximate surface area is 157 Å². The topological polar surface area (TPSA) is 36.9 Å². The Bertz CT molecular complexity index is 502. The van der Waals surface area contributed by atoms with E-state index >= 15 is 0 Å². The van der Waals surface area contributed by atoms with Gasteiger partial charge in [0.25, 0.3) is 0 Å². The summed E-state index contributed by atoms with van der Waals surface area (Å²) >= 11 is 0. The van der Waals surface area contributed by atoms with Crippen molar-refractivity contribution in [1.82, 2.24) is 10.2 Å². The molecule has 0 radical (unpaired) electrons. The van der Waals surface area contributed by atoms with Gasteiger partial charge in [0.15, 0.2) is 5.96 Å². The van der Waals surface area contributed by atoms with E-state index < -0.39 is 0 Å². The molecule has 0 bridgehead atoms. The summed E-state index contributed by atoms with van der Waals surface area (Å²) in [5, 5.41) is 3.37. The van der Waals surface area contributed by atoms with Crippen molar-refractivity contribution in [1.29, 1.82) is 0 Å². The summed E-state index contributed by atoms with van der Waals surface area (Å²) in [5.41, 5.74) is 2.76. The third-order valence-electron chi connectivity index (χ3n) is 3.71. The van der Waals surface area contributed by atoms with Crippen LogP contribution in [0.15, 0.2) is 47.0 Å². The van der Waals surface area contributed by atoms with Crippen LogP contribution < -0.4 is 5.32 Å². The molecule has 0 unspecified atom stereocenters. The number of benzene rings is 1. The van der Waals surface area contributed by atoms with Crippen molar-refractivity contribution < 1.29 is 4.74 Å². The number of hydrogen-bond donors (Lipinski definition) is 1. The van der Waals surface area contributed by atoms with Crippen LogP contribution in [-0.4, -0.2) is 44.2 Å². The predicted molar refractivity (Wildman–Crippen MR) is 107 cm³/mol. The van der Waals surface area contributed by atoms with Gasteiger partial charge in [0.1, 0.15) is 0 Å². The normalized spacial score (nSPS) is 14.7. The Morgan fingerprint density at radius 3 is 2.74 bits per heavy atom. The van der Waals surface area contributed by atoms with E-state index in [2.05, 4.69) is 54.5 Å². The maximum Gasteiger partial charge on any atom is 0.193 e. The third-order valence-corrected chi connectivity index (χ3v) is 3.71. The number of rotatable bonds is 6. The molecule has 0 saturated carbocycles. The quantitative estimate of drug-likeness (QED) is 0.326. The van der Waals surface area contributed by atoms with Crippen LogP contribution >= 0.6 is 24.0 Å². The highest BCUT2D eigenvalue weighted by molar-refractivity contribution is 14.0. The Morgan fingerprint density at radius 2 is 2.09 bits per heavy atom. The van der Waals surface area contributed by atoms with Gasteiger partial charge in [0.05, 0.1) is 13.2 Å². The van der Waals surface area contributed by atoms with Crippen LogP contribution in [0.2, 0.25) is 0 Å². The summed E-state index contributed by atoms with van der Waals surface area (Å²) in [5.74, 6) is 0.971. The first-order valence-electron chi connectivity index (χ1n) is 8.08. The molecule has 0 atom stereocenters. The highest BCUT2D eigenvalue weighted by Crippen LogP contribution is 2.11. The molecular formula is C18H28IN3O. The fraction of sp³-hybridized carbons (Fsp3) is 0.500. The summed E-state index contributed by atoms with van der Waals surface area (Å²) in [4.78, 5) is 6.93. The SMILES string of the molecule is CCNC(=NCCC1=CCOCC1)N(C)Cc1ccccc1.I. The van der Waals surface area contributed by atoms with Crippen molar-refractivity contribution in [3.05, 3.63) is 47.5 Å². The van der Waals surface area contributed by atoms with Gasteiger partial charge < -0.3 is 15.0 Å². The molecule has 1 aromatic carbocycles. The highest BCUT2D eigenvalue weighted by Gasteiger charge is 2.07. The monoisotopic (exact) mass is 429 g/mol. The van der Waals surface area contributed by atoms with Crippen LogP contribution in [0.4, 0.5) is 0 Å². The fourth-order valence-corrected chi connectivity index (χ4v) is 2.50. The maximum atomic E-state index is 5.34. The maximum absolute atomic E-state index is 5.34. The molecule has 0 fully saturated rings. The number of aliphatic imine (C=N–C) groups is 1. The first kappa shape index (κ1) is 20.0. The average Bonchev–Trinajstić information content (AvgIpc) is 2.56. The van der Waals surface area contributed by atoms with Crippen LogP contribution in [0.25, 0.3) is 0 Å². The predicted octanol–water partition coefficient (Wildman–Crippen LogP) is 3.44. The summed E-state index contributed by atoms with van der Waals surface area (Å²) in [7, 11) is 2.09. The van der Waals surface area contributed by atoms with E-state index in [1.807, 2.05) is 6.07 Å². The lowest BCUT2D eigenvalue weighted by atomic mass is 10.1. The van der Waals surface area contributed by atoms with E-state index in [9.17, 15) is 0 Å². The first-order chi connectivity index (χ1) is 10.8. The Balaban J connectivity index is 0.00000264. The molecule has 1 aromatic rings. The van der Waals surface area contributed by atoms with Gasteiger partial charge in [-0.15, -0.1) is 24.0 Å². The van der Waals surface area contributed by atoms with Crippen LogP contribution in [-0.2, 0) is 11.3 Å². The Kier molecular flexibility index (Phi) is 9.94. The number of hydrogen-bond acceptors (Lipinski definition) is 2. The van der Waals surface area contributed by atoms with Crippen LogP contribution in [0.1, 0.15) is 25.3 Å². The number of guanidine groups is 1. The molecule has 0 aliphatic carbocycles. The molecule has 0 aromatic heterocycles. The minimum atomic E-state index is 0. The number of ether oxygens (including phenoxy) is 1. The lowest BCUT2D eigenvalue weighted by Crippen LogP contribution is -2.38. The minimum absolute atomic E-state index is 0. The van der Waals surface area contributed by atoms with Crippen LogP contribution in [0.5, 0.6) is 0 Å². The Morgan fingerprint density at radius 1 is 1.30 bits per heavy atom. The second kappa shape index (κ2) is 11.5. The summed E-state index contributed by atoms with van der Waals surface area (Å²) in [6, 6.07) is 10.5. The molecule has 128 valence electrons. The van der Waals surface area contributed by atoms with E-state index in [1.165, 1.54) is 11.1 Å². The van der Waals surface area contributed by atoms with Crippen molar-refractivity contribution in [2.45, 2.75) is 26.3 Å². The molecular weight excluding hydrogens is 401 g/mol. The van der Waals surface area contributed by atoms with E-state index in [4.69, 9.17) is 9.73 Å². The van der Waals surface area contributed by atoms with Gasteiger partial charge in [-0.25, -0.2) is 0 Å². The van der Waals surface area contributed by atoms with E-state index in [0.29, 0.717) is 0 Å². The van der Waals surface area contributed by atoms with Crippen molar-refractivity contribution in [3.63, 3.8) is 0 Å². The molecule has 1 heterocycles. The van der Waals surface area contributed by atoms with Gasteiger partial charge in [-0.1, -0.05) is 42.0 Å². The van der Waals surface area contributed by atoms with E-state index in [0.717, 1.165) is 51.6 Å². The van der Waals surface area contributed by atoms with Crippen molar-refractivity contribution in [2.24, 2.45) is 4.99 Å². The molecule has 2 rings (SSSR count). The van der Waals surface area contributed by atoms with Gasteiger partial charge in [-0.05, 0) is 25.3 Å². The first-order valence-corrected chi connectivity index (χ1v) is 8.08. The second-order valence-electron chi connectivity index (χ2n) is 5.51. The lowest BCUT2D eigenvalue weighted by molar-refractivity contribution is 0.153. The highest BCUT2D eigenvalue weighted by atomic mass is 127. The zero-order chi connectivity index (χ0) is 15.6. The number of halogens is 1. The van der Waals surface area contributed by atoms with Gasteiger partial charge in [-0.3, -0.25) is 4.99 Å². The largest absolute Gasteiger partial charge is 0.377 e. The summed E-state index contributed by atoms with van der Waals surface area (Å²) in [6.45, 7) is 6.29. The summed E-state index contributed by atoms with van der Waals surface area (Å²) in [6.07, 6.45) is 4.27. The number of nitrogens with zero attached hydrogens (tertiary/aromatic N) is 2. The van der Waals surface area contributed by atoms with Gasteiger partial charge in [0.2, 0.25) is 0 Å². The molecule has 0 spiro atoms. The lowest BCUT2D eigenvalue weighted by Gasteiger charge is -2.22. The molecule has 0 amide bonds. The molecule has 0 saturated heterocycles. The van der Waals surface area contributed by atoms with Crippen molar-refractivity contribution >= 4 is 29.9 Å². The minimum Gasteiger partial charge on any atom is -0.377 e. The molecule has 1 N–H and O–H groups in total. The standard InChI is InChI=1S/C18H27N3O.HI/c1-3-19-18(20-12-9-16-10-13-22-14-11-16)21(2)15-17-7-5-4-6-8-17;/h4-8,10H,3,9,11-15H2,1-2H3,(H,19,20);1H. The smallest absolute Gasteiger partial charge is 0.193 e. The molecule has 1 aliphatic heterocycles. The van der Waals surface area contributed by atoms with Crippen LogP contribution in [0, 0.1) is 0 Å². The van der Waals surface area contributed by atoms with E-state index in [-0.39, 0.29) is 24.0 Å². The van der Waals surface area contributed by atoms with Gasteiger partial charge in [0, 0.05) is 26.7 Å². The van der Waals surface area contributed by atoms with Crippen molar-refractivity contribution in [3.8, 4) is 0 Å². The van der Waals surface area contributed by atoms with Crippen LogP contribution in [0.3, 0.4) is 0 Å². The molecule has 5 heteroatoms. The Hall–Kier alpha value is -1.08. The zero-order valence-electron chi connectivity index (χ0n) is 14.1. The fourth-order valence-electron chi connectivity index (χ4n) is 2.50. The molecule has 1 aliphatic rings. The van der Waals surface area contributed by atoms with E-state index in [1.54, 1.807) is 0 Å². The molecule has 4 nitrogen and oxygen atoms in total. The third kappa shape index (κ3) is 7.35. The van der Waals surface area contributed by atoms with Gasteiger partial charge >= 0.3 is 0 Å². The van der Waals surface area contributed by atoms with Gasteiger partial charge in [-0.2, -0.15) is 0 Å². The van der Waals surface area contributed by atoms with Crippen molar-refractivity contribution in [2.75, 3.05) is 33.4 Å². The number of nitrogens with one attached hydrogen (secondary N) is 1.